The van der Waals surface area contributed by atoms with Gasteiger partial charge in [-0.1, -0.05) is 12.1 Å². The molecule has 0 aliphatic heterocycles. The van der Waals surface area contributed by atoms with Gasteiger partial charge in [0.05, 0.1) is 9.89 Å². The summed E-state index contributed by atoms with van der Waals surface area (Å²) in [4.78, 5) is 2.41. The summed E-state index contributed by atoms with van der Waals surface area (Å²) in [6.45, 7) is 0. The maximum Gasteiger partial charge on any atom is 0.0838 e. The van der Waals surface area contributed by atoms with E-state index in [1.165, 1.54) is 9.77 Å². The van der Waals surface area contributed by atoms with E-state index in [1.54, 1.807) is 23.1 Å². The topological polar surface area (TPSA) is 20.2 Å². The summed E-state index contributed by atoms with van der Waals surface area (Å²) in [5.41, 5.74) is 0.979. The van der Waals surface area contributed by atoms with Crippen LogP contribution in [0.5, 0.6) is 0 Å². The molecule has 4 heteroatoms. The summed E-state index contributed by atoms with van der Waals surface area (Å²) < 4.78 is 1.11. The molecule has 1 nitrogen and oxygen atoms in total. The van der Waals surface area contributed by atoms with Crippen molar-refractivity contribution >= 4 is 39.0 Å². The molecule has 0 aliphatic carbocycles. The summed E-state index contributed by atoms with van der Waals surface area (Å²) in [5, 5.41) is 10.1. The predicted molar refractivity (Wildman–Crippen MR) is 78.9 cm³/mol. The fourth-order valence-electron chi connectivity index (χ4n) is 1.60. The Labute approximate surface area is 118 Å². The molecule has 1 atom stereocenters. The molecule has 0 saturated carbocycles. The molecule has 0 bridgehead atoms. The number of aliphatic hydroxyl groups is 1. The molecule has 17 heavy (non-hydrogen) atoms. The standard InChI is InChI=1S/C13H13BrOS2/c1-16-10-4-2-9(3-5-10)12(15)8-11-6-7-13(14)17-11/h2-7,12,15H,8H2,1H3. The lowest BCUT2D eigenvalue weighted by atomic mass is 10.1. The summed E-state index contributed by atoms with van der Waals surface area (Å²) in [6, 6.07) is 12.2. The second-order valence-electron chi connectivity index (χ2n) is 3.70. The summed E-state index contributed by atoms with van der Waals surface area (Å²) >= 11 is 6.81. The van der Waals surface area contributed by atoms with E-state index < -0.39 is 6.10 Å². The molecule has 1 aromatic heterocycles. The van der Waals surface area contributed by atoms with Gasteiger partial charge in [0.25, 0.3) is 0 Å². The molecular weight excluding hydrogens is 316 g/mol. The van der Waals surface area contributed by atoms with Gasteiger partial charge in [0.1, 0.15) is 0 Å². The Morgan fingerprint density at radius 3 is 2.47 bits per heavy atom. The molecule has 2 rings (SSSR count). The van der Waals surface area contributed by atoms with E-state index in [0.717, 1.165) is 9.35 Å². The van der Waals surface area contributed by atoms with E-state index in [2.05, 4.69) is 22.2 Å². The van der Waals surface area contributed by atoms with Gasteiger partial charge < -0.3 is 5.11 Å². The molecule has 1 N–H and O–H groups in total. The van der Waals surface area contributed by atoms with Crippen LogP contribution in [0.4, 0.5) is 0 Å². The monoisotopic (exact) mass is 328 g/mol. The van der Waals surface area contributed by atoms with Crippen LogP contribution < -0.4 is 0 Å². The molecule has 0 aliphatic rings. The minimum Gasteiger partial charge on any atom is -0.388 e. The first-order chi connectivity index (χ1) is 8.19. The van der Waals surface area contributed by atoms with Crippen LogP contribution in [0.3, 0.4) is 0 Å². The maximum absolute atomic E-state index is 10.1. The molecule has 0 spiro atoms. The average molecular weight is 329 g/mol. The number of aliphatic hydroxyl groups excluding tert-OH is 1. The fourth-order valence-corrected chi connectivity index (χ4v) is 3.52. The molecule has 0 saturated heterocycles. The van der Waals surface area contributed by atoms with Crippen LogP contribution in [0, 0.1) is 0 Å². The molecule has 2 aromatic rings. The van der Waals surface area contributed by atoms with Crippen LogP contribution in [0.15, 0.2) is 45.1 Å². The Kier molecular flexibility index (Phi) is 4.68. The van der Waals surface area contributed by atoms with E-state index in [1.807, 2.05) is 36.4 Å². The molecule has 0 fully saturated rings. The Morgan fingerprint density at radius 1 is 1.24 bits per heavy atom. The number of benzene rings is 1. The third-order valence-corrected chi connectivity index (χ3v) is 4.91. The minimum absolute atomic E-state index is 0.420. The van der Waals surface area contributed by atoms with Crippen molar-refractivity contribution in [2.75, 3.05) is 6.26 Å². The van der Waals surface area contributed by atoms with E-state index in [0.29, 0.717) is 6.42 Å². The van der Waals surface area contributed by atoms with Gasteiger partial charge in [-0.05, 0) is 52.0 Å². The Bertz CT molecular complexity index is 478. The Hall–Kier alpha value is -0.290. The lowest BCUT2D eigenvalue weighted by Crippen LogP contribution is -2.00. The lowest BCUT2D eigenvalue weighted by Gasteiger charge is -2.10. The molecule has 0 amide bonds. The number of halogens is 1. The van der Waals surface area contributed by atoms with Crippen LogP contribution in [-0.2, 0) is 6.42 Å². The number of thiophene rings is 1. The van der Waals surface area contributed by atoms with Crippen molar-refractivity contribution in [2.45, 2.75) is 17.4 Å². The molecule has 1 aromatic carbocycles. The zero-order valence-electron chi connectivity index (χ0n) is 9.39. The number of rotatable bonds is 4. The first-order valence-corrected chi connectivity index (χ1v) is 8.08. The molecular formula is C13H13BrOS2. The van der Waals surface area contributed by atoms with Gasteiger partial charge in [-0.3, -0.25) is 0 Å². The Morgan fingerprint density at radius 2 is 1.94 bits per heavy atom. The van der Waals surface area contributed by atoms with Gasteiger partial charge >= 0.3 is 0 Å². The predicted octanol–water partition coefficient (Wildman–Crippen LogP) is 4.51. The molecule has 1 heterocycles. The smallest absolute Gasteiger partial charge is 0.0838 e. The van der Waals surface area contributed by atoms with E-state index in [9.17, 15) is 5.11 Å². The highest BCUT2D eigenvalue weighted by Crippen LogP contribution is 2.27. The van der Waals surface area contributed by atoms with E-state index >= 15 is 0 Å². The van der Waals surface area contributed by atoms with Crippen LogP contribution in [0.25, 0.3) is 0 Å². The van der Waals surface area contributed by atoms with Crippen molar-refractivity contribution in [3.8, 4) is 0 Å². The van der Waals surface area contributed by atoms with Crippen molar-refractivity contribution < 1.29 is 5.11 Å². The third-order valence-electron chi connectivity index (χ3n) is 2.52. The van der Waals surface area contributed by atoms with Gasteiger partial charge in [0, 0.05) is 16.2 Å². The largest absolute Gasteiger partial charge is 0.388 e. The first kappa shape index (κ1) is 13.1. The SMILES string of the molecule is CSc1ccc(C(O)Cc2ccc(Br)s2)cc1. The van der Waals surface area contributed by atoms with Gasteiger partial charge in [-0.15, -0.1) is 23.1 Å². The quantitative estimate of drug-likeness (QED) is 0.833. The summed E-state index contributed by atoms with van der Waals surface area (Å²) in [6.07, 6.45) is 2.31. The average Bonchev–Trinajstić information content (AvgIpc) is 2.75. The first-order valence-electron chi connectivity index (χ1n) is 5.25. The van der Waals surface area contributed by atoms with Crippen LogP contribution in [-0.4, -0.2) is 11.4 Å². The van der Waals surface area contributed by atoms with Gasteiger partial charge in [-0.2, -0.15) is 0 Å². The normalized spacial score (nSPS) is 12.6. The number of hydrogen-bond acceptors (Lipinski definition) is 3. The number of hydrogen-bond donors (Lipinski definition) is 1. The van der Waals surface area contributed by atoms with Gasteiger partial charge in [0.2, 0.25) is 0 Å². The van der Waals surface area contributed by atoms with Crippen molar-refractivity contribution in [3.05, 3.63) is 50.6 Å². The zero-order chi connectivity index (χ0) is 12.3. The van der Waals surface area contributed by atoms with Crippen molar-refractivity contribution in [1.82, 2.24) is 0 Å². The van der Waals surface area contributed by atoms with Gasteiger partial charge in [0.15, 0.2) is 0 Å². The van der Waals surface area contributed by atoms with Crippen molar-refractivity contribution in [1.29, 1.82) is 0 Å². The van der Waals surface area contributed by atoms with Gasteiger partial charge in [-0.25, -0.2) is 0 Å². The molecule has 1 unspecified atom stereocenters. The highest BCUT2D eigenvalue weighted by molar-refractivity contribution is 9.11. The van der Waals surface area contributed by atoms with E-state index in [4.69, 9.17) is 0 Å². The van der Waals surface area contributed by atoms with Crippen LogP contribution in [0.1, 0.15) is 16.5 Å². The summed E-state index contributed by atoms with van der Waals surface area (Å²) in [7, 11) is 0. The zero-order valence-corrected chi connectivity index (χ0v) is 12.6. The van der Waals surface area contributed by atoms with Crippen molar-refractivity contribution in [3.63, 3.8) is 0 Å². The van der Waals surface area contributed by atoms with Crippen LogP contribution in [0.2, 0.25) is 0 Å². The van der Waals surface area contributed by atoms with Crippen molar-refractivity contribution in [2.24, 2.45) is 0 Å². The highest BCUT2D eigenvalue weighted by Gasteiger charge is 2.09. The third kappa shape index (κ3) is 3.58. The lowest BCUT2D eigenvalue weighted by molar-refractivity contribution is 0.179. The molecule has 0 radical (unpaired) electrons. The van der Waals surface area contributed by atoms with Crippen LogP contribution >= 0.6 is 39.0 Å². The summed E-state index contributed by atoms with van der Waals surface area (Å²) in [5.74, 6) is 0. The fraction of sp³-hybridized carbons (Fsp3) is 0.231. The molecule has 90 valence electrons. The second kappa shape index (κ2) is 6.05. The maximum atomic E-state index is 10.1. The second-order valence-corrected chi connectivity index (χ2v) is 7.13. The minimum atomic E-state index is -0.420. The highest BCUT2D eigenvalue weighted by atomic mass is 79.9. The van der Waals surface area contributed by atoms with E-state index in [-0.39, 0.29) is 0 Å². The Balaban J connectivity index is 2.06. The number of thioether (sulfide) groups is 1.